The molecule has 1 atom stereocenters. The average molecular weight is 281 g/mol. The third kappa shape index (κ3) is 2.69. The second-order valence-corrected chi connectivity index (χ2v) is 5.49. The first-order valence-corrected chi connectivity index (χ1v) is 7.08. The molecule has 0 aliphatic carbocycles. The van der Waals surface area contributed by atoms with Gasteiger partial charge in [-0.15, -0.1) is 0 Å². The van der Waals surface area contributed by atoms with E-state index in [0.29, 0.717) is 17.6 Å². The minimum Gasteiger partial charge on any atom is -0.482 e. The zero-order valence-electron chi connectivity index (χ0n) is 10.7. The number of amides is 1. The van der Waals surface area contributed by atoms with Crippen molar-refractivity contribution in [1.82, 2.24) is 5.32 Å². The smallest absolute Gasteiger partial charge is 0.265 e. The largest absolute Gasteiger partial charge is 0.482 e. The third-order valence-corrected chi connectivity index (χ3v) is 3.91. The Morgan fingerprint density at radius 2 is 2.32 bits per heavy atom. The van der Waals surface area contributed by atoms with Crippen molar-refractivity contribution in [1.29, 1.82) is 0 Å². The SMILES string of the molecule is O=C1COc2ccc(Cl)cc2N1CC1CCCCN1. The van der Waals surface area contributed by atoms with Crippen molar-refractivity contribution < 1.29 is 9.53 Å². The first kappa shape index (κ1) is 12.8. The number of carbonyl (C=O) groups excluding carboxylic acids is 1. The maximum absolute atomic E-state index is 12.1. The highest BCUT2D eigenvalue weighted by atomic mass is 35.5. The van der Waals surface area contributed by atoms with E-state index in [9.17, 15) is 4.79 Å². The first-order chi connectivity index (χ1) is 9.24. The van der Waals surface area contributed by atoms with Crippen molar-refractivity contribution >= 4 is 23.2 Å². The molecule has 2 aliphatic rings. The van der Waals surface area contributed by atoms with E-state index in [1.165, 1.54) is 12.8 Å². The number of hydrogen-bond acceptors (Lipinski definition) is 3. The van der Waals surface area contributed by atoms with E-state index >= 15 is 0 Å². The summed E-state index contributed by atoms with van der Waals surface area (Å²) in [5.41, 5.74) is 0.788. The Balaban J connectivity index is 1.83. The summed E-state index contributed by atoms with van der Waals surface area (Å²) in [6.45, 7) is 1.84. The van der Waals surface area contributed by atoms with Crippen molar-refractivity contribution in [3.05, 3.63) is 23.2 Å². The summed E-state index contributed by atoms with van der Waals surface area (Å²) in [5.74, 6) is 0.738. The Kier molecular flexibility index (Phi) is 3.62. The highest BCUT2D eigenvalue weighted by Crippen LogP contribution is 2.34. The number of fused-ring (bicyclic) bond motifs is 1. The molecule has 5 heteroatoms. The highest BCUT2D eigenvalue weighted by molar-refractivity contribution is 6.31. The zero-order valence-corrected chi connectivity index (χ0v) is 11.4. The van der Waals surface area contributed by atoms with Crippen LogP contribution in [0.4, 0.5) is 5.69 Å². The second-order valence-electron chi connectivity index (χ2n) is 5.05. The fraction of sp³-hybridized carbons (Fsp3) is 0.500. The van der Waals surface area contributed by atoms with Gasteiger partial charge in [0, 0.05) is 17.6 Å². The van der Waals surface area contributed by atoms with Crippen LogP contribution in [-0.2, 0) is 4.79 Å². The highest BCUT2D eigenvalue weighted by Gasteiger charge is 2.28. The molecule has 1 amide bonds. The molecular formula is C14H17ClN2O2. The molecule has 1 aromatic carbocycles. The maximum atomic E-state index is 12.1. The number of carbonyl (C=O) groups is 1. The molecule has 1 unspecified atom stereocenters. The van der Waals surface area contributed by atoms with Crippen LogP contribution in [0.15, 0.2) is 18.2 Å². The molecule has 102 valence electrons. The van der Waals surface area contributed by atoms with Gasteiger partial charge in [-0.25, -0.2) is 0 Å². The molecule has 0 radical (unpaired) electrons. The zero-order chi connectivity index (χ0) is 13.2. The van der Waals surface area contributed by atoms with Crippen LogP contribution in [0.5, 0.6) is 5.75 Å². The van der Waals surface area contributed by atoms with E-state index in [4.69, 9.17) is 16.3 Å². The molecule has 19 heavy (non-hydrogen) atoms. The lowest BCUT2D eigenvalue weighted by molar-refractivity contribution is -0.121. The predicted octanol–water partition coefficient (Wildman–Crippen LogP) is 2.21. The molecule has 4 nitrogen and oxygen atoms in total. The first-order valence-electron chi connectivity index (χ1n) is 6.70. The van der Waals surface area contributed by atoms with Gasteiger partial charge in [0.2, 0.25) is 0 Å². The maximum Gasteiger partial charge on any atom is 0.265 e. The molecule has 0 aromatic heterocycles. The van der Waals surface area contributed by atoms with E-state index in [2.05, 4.69) is 5.32 Å². The molecule has 1 aromatic rings. The summed E-state index contributed by atoms with van der Waals surface area (Å²) in [6.07, 6.45) is 3.55. The monoisotopic (exact) mass is 280 g/mol. The van der Waals surface area contributed by atoms with E-state index in [1.54, 1.807) is 17.0 Å². The van der Waals surface area contributed by atoms with Crippen molar-refractivity contribution in [3.8, 4) is 5.75 Å². The number of hydrogen-bond donors (Lipinski definition) is 1. The standard InChI is InChI=1S/C14H17ClN2O2/c15-10-4-5-13-12(7-10)17(14(18)9-19-13)8-11-3-1-2-6-16-11/h4-5,7,11,16H,1-3,6,8-9H2. The Bertz CT molecular complexity index is 486. The van der Waals surface area contributed by atoms with Gasteiger partial charge in [-0.2, -0.15) is 0 Å². The number of ether oxygens (including phenoxy) is 1. The van der Waals surface area contributed by atoms with Gasteiger partial charge < -0.3 is 15.0 Å². The van der Waals surface area contributed by atoms with Gasteiger partial charge in [-0.1, -0.05) is 18.0 Å². The van der Waals surface area contributed by atoms with Crippen molar-refractivity contribution in [2.75, 3.05) is 24.6 Å². The normalized spacial score (nSPS) is 22.9. The number of benzene rings is 1. The number of nitrogens with one attached hydrogen (secondary N) is 1. The number of rotatable bonds is 2. The van der Waals surface area contributed by atoms with Crippen LogP contribution in [0.25, 0.3) is 0 Å². The van der Waals surface area contributed by atoms with E-state index < -0.39 is 0 Å². The minimum atomic E-state index is 0.00198. The van der Waals surface area contributed by atoms with E-state index in [-0.39, 0.29) is 12.5 Å². The molecule has 1 saturated heterocycles. The Morgan fingerprint density at radius 1 is 1.42 bits per heavy atom. The molecule has 2 heterocycles. The summed E-state index contributed by atoms with van der Waals surface area (Å²) in [7, 11) is 0. The third-order valence-electron chi connectivity index (χ3n) is 3.68. The second kappa shape index (κ2) is 5.39. The van der Waals surface area contributed by atoms with Crippen molar-refractivity contribution in [3.63, 3.8) is 0 Å². The molecule has 0 saturated carbocycles. The van der Waals surface area contributed by atoms with Gasteiger partial charge in [0.1, 0.15) is 5.75 Å². The molecule has 1 N–H and O–H groups in total. The number of nitrogens with zero attached hydrogens (tertiary/aromatic N) is 1. The van der Waals surface area contributed by atoms with Crippen LogP contribution >= 0.6 is 11.6 Å². The Morgan fingerprint density at radius 3 is 3.11 bits per heavy atom. The van der Waals surface area contributed by atoms with Crippen LogP contribution in [-0.4, -0.2) is 31.6 Å². The summed E-state index contributed by atoms with van der Waals surface area (Å²) in [6, 6.07) is 5.78. The topological polar surface area (TPSA) is 41.6 Å². The van der Waals surface area contributed by atoms with Gasteiger partial charge in [-0.3, -0.25) is 4.79 Å². The van der Waals surface area contributed by atoms with Crippen molar-refractivity contribution in [2.45, 2.75) is 25.3 Å². The summed E-state index contributed by atoms with van der Waals surface area (Å²) in [4.78, 5) is 13.9. The lowest BCUT2D eigenvalue weighted by atomic mass is 10.0. The minimum absolute atomic E-state index is 0.00198. The molecule has 2 aliphatic heterocycles. The van der Waals surface area contributed by atoms with Gasteiger partial charge in [0.25, 0.3) is 5.91 Å². The fourth-order valence-electron chi connectivity index (χ4n) is 2.68. The van der Waals surface area contributed by atoms with E-state index in [1.807, 2.05) is 6.07 Å². The van der Waals surface area contributed by atoms with Crippen LogP contribution < -0.4 is 15.0 Å². The average Bonchev–Trinajstić information content (AvgIpc) is 2.43. The van der Waals surface area contributed by atoms with Gasteiger partial charge in [0.05, 0.1) is 5.69 Å². The number of piperidine rings is 1. The molecule has 0 spiro atoms. The van der Waals surface area contributed by atoms with Crippen LogP contribution in [0.1, 0.15) is 19.3 Å². The lowest BCUT2D eigenvalue weighted by Crippen LogP contribution is -2.48. The van der Waals surface area contributed by atoms with E-state index in [0.717, 1.165) is 24.4 Å². The number of anilines is 1. The molecular weight excluding hydrogens is 264 g/mol. The van der Waals surface area contributed by atoms with Gasteiger partial charge in [-0.05, 0) is 37.6 Å². The van der Waals surface area contributed by atoms with Gasteiger partial charge >= 0.3 is 0 Å². The van der Waals surface area contributed by atoms with Crippen LogP contribution in [0, 0.1) is 0 Å². The summed E-state index contributed by atoms with van der Waals surface area (Å²) < 4.78 is 5.44. The van der Waals surface area contributed by atoms with Crippen LogP contribution in [0.3, 0.4) is 0 Å². The Hall–Kier alpha value is -1.26. The Labute approximate surface area is 117 Å². The van der Waals surface area contributed by atoms with Gasteiger partial charge in [0.15, 0.2) is 6.61 Å². The predicted molar refractivity (Wildman–Crippen MR) is 74.9 cm³/mol. The molecule has 3 rings (SSSR count). The van der Waals surface area contributed by atoms with Crippen LogP contribution in [0.2, 0.25) is 5.02 Å². The molecule has 0 bridgehead atoms. The lowest BCUT2D eigenvalue weighted by Gasteiger charge is -2.34. The quantitative estimate of drug-likeness (QED) is 0.903. The number of halogens is 1. The summed E-state index contributed by atoms with van der Waals surface area (Å²) in [5, 5.41) is 4.09. The summed E-state index contributed by atoms with van der Waals surface area (Å²) >= 11 is 6.02. The van der Waals surface area contributed by atoms with Crippen molar-refractivity contribution in [2.24, 2.45) is 0 Å². The fourth-order valence-corrected chi connectivity index (χ4v) is 2.84. The molecule has 1 fully saturated rings.